The number of primary sulfonamides is 1. The average Bonchev–Trinajstić information content (AvgIpc) is 3.09. The Bertz CT molecular complexity index is 1040. The van der Waals surface area contributed by atoms with Crippen molar-refractivity contribution in [3.8, 4) is 5.69 Å². The summed E-state index contributed by atoms with van der Waals surface area (Å²) in [5.41, 5.74) is 2.04. The summed E-state index contributed by atoms with van der Waals surface area (Å²) < 4.78 is 30.0. The number of sulfonamides is 1. The van der Waals surface area contributed by atoms with Crippen molar-refractivity contribution in [2.75, 3.05) is 0 Å². The molecule has 0 bridgehead atoms. The molecule has 1 heterocycles. The Morgan fingerprint density at radius 2 is 1.88 bits per heavy atom. The molecule has 0 unspecified atom stereocenters. The Morgan fingerprint density at radius 3 is 2.58 bits per heavy atom. The monoisotopic (exact) mass is 371 g/mol. The van der Waals surface area contributed by atoms with E-state index < -0.39 is 16.0 Å². The van der Waals surface area contributed by atoms with E-state index in [1.54, 1.807) is 23.9 Å². The molecule has 26 heavy (non-hydrogen) atoms. The highest BCUT2D eigenvalue weighted by atomic mass is 32.2. The molecule has 0 aliphatic carbocycles. The summed E-state index contributed by atoms with van der Waals surface area (Å²) in [5.74, 6) is -0.649. The van der Waals surface area contributed by atoms with Crippen LogP contribution in [0.4, 0.5) is 0 Å². The summed E-state index contributed by atoms with van der Waals surface area (Å²) in [6.45, 7) is 1.57. The molecule has 0 radical (unpaired) electrons. The lowest BCUT2D eigenvalue weighted by molar-refractivity contribution is 0.0467. The number of aryl methyl sites for hydroxylation is 1. The van der Waals surface area contributed by atoms with Gasteiger partial charge in [0.1, 0.15) is 12.3 Å². The smallest absolute Gasteiger partial charge is 0.338 e. The lowest BCUT2D eigenvalue weighted by atomic mass is 10.1. The third kappa shape index (κ3) is 3.98. The van der Waals surface area contributed by atoms with E-state index in [0.29, 0.717) is 11.3 Å². The van der Waals surface area contributed by atoms with Gasteiger partial charge in [0.15, 0.2) is 0 Å². The maximum Gasteiger partial charge on any atom is 0.338 e. The number of carbonyl (C=O) groups excluding carboxylic acids is 1. The SMILES string of the molecule is Cc1ccc(C(=O)OCc2ccn(-c3ccccc3)n2)cc1S(N)(=O)=O. The molecule has 1 aromatic heterocycles. The number of rotatable bonds is 5. The van der Waals surface area contributed by atoms with Crippen LogP contribution in [0.5, 0.6) is 0 Å². The highest BCUT2D eigenvalue weighted by molar-refractivity contribution is 7.89. The molecule has 8 heteroatoms. The second kappa shape index (κ2) is 7.11. The molecule has 2 aromatic carbocycles. The predicted octanol–water partition coefficient (Wildman–Crippen LogP) is 2.19. The van der Waals surface area contributed by atoms with Gasteiger partial charge in [0.25, 0.3) is 0 Å². The summed E-state index contributed by atoms with van der Waals surface area (Å²) in [5, 5.41) is 9.50. The lowest BCUT2D eigenvalue weighted by Crippen LogP contribution is -2.15. The molecule has 2 N–H and O–H groups in total. The van der Waals surface area contributed by atoms with Gasteiger partial charge in [-0.05, 0) is 42.8 Å². The van der Waals surface area contributed by atoms with Crippen molar-refractivity contribution in [2.45, 2.75) is 18.4 Å². The first kappa shape index (κ1) is 17.8. The first-order valence-electron chi connectivity index (χ1n) is 7.75. The second-order valence-electron chi connectivity index (χ2n) is 5.69. The van der Waals surface area contributed by atoms with E-state index in [9.17, 15) is 13.2 Å². The number of nitrogens with zero attached hydrogens (tertiary/aromatic N) is 2. The minimum Gasteiger partial charge on any atom is -0.456 e. The van der Waals surface area contributed by atoms with Crippen molar-refractivity contribution in [1.29, 1.82) is 0 Å². The largest absolute Gasteiger partial charge is 0.456 e. The Labute approximate surface area is 151 Å². The predicted molar refractivity (Wildman–Crippen MR) is 95.2 cm³/mol. The first-order chi connectivity index (χ1) is 12.3. The van der Waals surface area contributed by atoms with Gasteiger partial charge in [-0.3, -0.25) is 0 Å². The van der Waals surface area contributed by atoms with E-state index in [1.165, 1.54) is 18.2 Å². The maximum absolute atomic E-state index is 12.2. The zero-order valence-electron chi connectivity index (χ0n) is 14.0. The number of carbonyl (C=O) groups is 1. The highest BCUT2D eigenvalue weighted by Crippen LogP contribution is 2.17. The Morgan fingerprint density at radius 1 is 1.15 bits per heavy atom. The van der Waals surface area contributed by atoms with Crippen molar-refractivity contribution in [3.05, 3.63) is 77.6 Å². The summed E-state index contributed by atoms with van der Waals surface area (Å²) >= 11 is 0. The topological polar surface area (TPSA) is 104 Å². The number of hydrogen-bond acceptors (Lipinski definition) is 5. The molecule has 134 valence electrons. The third-order valence-electron chi connectivity index (χ3n) is 3.75. The van der Waals surface area contributed by atoms with Gasteiger partial charge in [0.05, 0.1) is 16.1 Å². The fourth-order valence-corrected chi connectivity index (χ4v) is 3.23. The quantitative estimate of drug-likeness (QED) is 0.692. The van der Waals surface area contributed by atoms with Crippen LogP contribution in [-0.4, -0.2) is 24.2 Å². The summed E-state index contributed by atoms with van der Waals surface area (Å²) in [6.07, 6.45) is 1.77. The van der Waals surface area contributed by atoms with Gasteiger partial charge in [-0.25, -0.2) is 23.0 Å². The van der Waals surface area contributed by atoms with Crippen LogP contribution < -0.4 is 5.14 Å². The van der Waals surface area contributed by atoms with Crippen molar-refractivity contribution in [2.24, 2.45) is 5.14 Å². The number of esters is 1. The maximum atomic E-state index is 12.2. The van der Waals surface area contributed by atoms with Crippen LogP contribution in [0.25, 0.3) is 5.69 Å². The molecule has 7 nitrogen and oxygen atoms in total. The van der Waals surface area contributed by atoms with Crippen LogP contribution in [0.1, 0.15) is 21.6 Å². The van der Waals surface area contributed by atoms with E-state index in [2.05, 4.69) is 5.10 Å². The fourth-order valence-electron chi connectivity index (χ4n) is 2.42. The van der Waals surface area contributed by atoms with E-state index in [0.717, 1.165) is 5.69 Å². The fraction of sp³-hybridized carbons (Fsp3) is 0.111. The molecule has 0 aliphatic heterocycles. The second-order valence-corrected chi connectivity index (χ2v) is 7.22. The molecular weight excluding hydrogens is 354 g/mol. The number of hydrogen-bond donors (Lipinski definition) is 1. The Balaban J connectivity index is 1.71. The molecule has 0 atom stereocenters. The van der Waals surface area contributed by atoms with E-state index in [4.69, 9.17) is 9.88 Å². The zero-order valence-corrected chi connectivity index (χ0v) is 14.8. The summed E-state index contributed by atoms with van der Waals surface area (Å²) in [6, 6.07) is 15.5. The van der Waals surface area contributed by atoms with Crippen LogP contribution >= 0.6 is 0 Å². The van der Waals surface area contributed by atoms with Crippen LogP contribution in [0.2, 0.25) is 0 Å². The Kier molecular flexibility index (Phi) is 4.88. The van der Waals surface area contributed by atoms with Gasteiger partial charge in [0.2, 0.25) is 10.0 Å². The number of ether oxygens (including phenoxy) is 1. The number of para-hydroxylation sites is 1. The van der Waals surface area contributed by atoms with E-state index in [1.807, 2.05) is 30.3 Å². The number of benzene rings is 2. The first-order valence-corrected chi connectivity index (χ1v) is 9.30. The van der Waals surface area contributed by atoms with Crippen LogP contribution in [-0.2, 0) is 21.4 Å². The molecular formula is C18H17N3O4S. The van der Waals surface area contributed by atoms with Gasteiger partial charge in [0, 0.05) is 6.20 Å². The van der Waals surface area contributed by atoms with Gasteiger partial charge < -0.3 is 4.74 Å². The molecule has 0 amide bonds. The van der Waals surface area contributed by atoms with Crippen LogP contribution in [0.15, 0.2) is 65.7 Å². The van der Waals surface area contributed by atoms with Crippen molar-refractivity contribution >= 4 is 16.0 Å². The standard InChI is InChI=1S/C18H17N3O4S/c1-13-7-8-14(11-17(13)26(19,23)24)18(22)25-12-15-9-10-21(20-15)16-5-3-2-4-6-16/h2-11H,12H2,1H3,(H2,19,23,24). The highest BCUT2D eigenvalue weighted by Gasteiger charge is 2.16. The Hall–Kier alpha value is -2.97. The lowest BCUT2D eigenvalue weighted by Gasteiger charge is -2.07. The van der Waals surface area contributed by atoms with Crippen LogP contribution in [0.3, 0.4) is 0 Å². The molecule has 0 spiro atoms. The van der Waals surface area contributed by atoms with Gasteiger partial charge in [-0.15, -0.1) is 0 Å². The average molecular weight is 371 g/mol. The van der Waals surface area contributed by atoms with Gasteiger partial charge in [-0.1, -0.05) is 24.3 Å². The van der Waals surface area contributed by atoms with Crippen LogP contribution in [0, 0.1) is 6.92 Å². The zero-order chi connectivity index (χ0) is 18.7. The minimum atomic E-state index is -3.91. The third-order valence-corrected chi connectivity index (χ3v) is 4.80. The summed E-state index contributed by atoms with van der Waals surface area (Å²) in [4.78, 5) is 12.1. The van der Waals surface area contributed by atoms with Crippen molar-refractivity contribution in [1.82, 2.24) is 9.78 Å². The molecule has 0 saturated carbocycles. The number of aromatic nitrogens is 2. The molecule has 0 fully saturated rings. The van der Waals surface area contributed by atoms with Gasteiger partial charge >= 0.3 is 5.97 Å². The molecule has 3 aromatic rings. The molecule has 0 aliphatic rings. The van der Waals surface area contributed by atoms with Crippen molar-refractivity contribution in [3.63, 3.8) is 0 Å². The van der Waals surface area contributed by atoms with E-state index in [-0.39, 0.29) is 17.1 Å². The molecule has 0 saturated heterocycles. The number of nitrogens with two attached hydrogens (primary N) is 1. The normalized spacial score (nSPS) is 11.3. The summed E-state index contributed by atoms with van der Waals surface area (Å²) in [7, 11) is -3.91. The van der Waals surface area contributed by atoms with Crippen molar-refractivity contribution < 1.29 is 17.9 Å². The minimum absolute atomic E-state index is 0.0305. The van der Waals surface area contributed by atoms with Gasteiger partial charge in [-0.2, -0.15) is 5.10 Å². The molecule has 3 rings (SSSR count). The van der Waals surface area contributed by atoms with E-state index >= 15 is 0 Å².